The van der Waals surface area contributed by atoms with Gasteiger partial charge >= 0.3 is 0 Å². The van der Waals surface area contributed by atoms with Crippen LogP contribution >= 0.6 is 0 Å². The topological polar surface area (TPSA) is 7.68 Å². The quantitative estimate of drug-likeness (QED) is 0.206. The Labute approximate surface area is 232 Å². The summed E-state index contributed by atoms with van der Waals surface area (Å²) in [6.07, 6.45) is 4.43. The van der Waals surface area contributed by atoms with Gasteiger partial charge in [0.25, 0.3) is 0 Å². The maximum absolute atomic E-state index is 2.31. The van der Waals surface area contributed by atoms with E-state index in [1.165, 1.54) is 38.5 Å². The summed E-state index contributed by atoms with van der Waals surface area (Å²) in [6.45, 7) is 4.35. The molecule has 0 aliphatic carbocycles. The highest BCUT2D eigenvalue weighted by Crippen LogP contribution is 2.36. The minimum atomic E-state index is 1.13. The third-order valence-electron chi connectivity index (χ3n) is 7.21. The molecule has 2 heteroatoms. The van der Waals surface area contributed by atoms with Gasteiger partial charge in [0, 0.05) is 24.0 Å². The Balaban J connectivity index is 1.40. The minimum absolute atomic E-state index is 1.13. The molecule has 0 aliphatic heterocycles. The maximum Gasteiger partial charge on any atom is 0.135 e. The highest BCUT2D eigenvalue weighted by molar-refractivity contribution is 5.79. The van der Waals surface area contributed by atoms with Gasteiger partial charge in [-0.05, 0) is 83.8 Å². The van der Waals surface area contributed by atoms with Crippen LogP contribution < -0.4 is 9.80 Å². The summed E-state index contributed by atoms with van der Waals surface area (Å²) in [6, 6.07) is 49.3. The molecular formula is C37H35N2+. The number of quaternary nitrogens is 1. The molecule has 0 saturated heterocycles. The molecule has 5 aromatic rings. The first kappa shape index (κ1) is 26.0. The Morgan fingerprint density at radius 2 is 0.974 bits per heavy atom. The first-order chi connectivity index (χ1) is 19.1. The summed E-state index contributed by atoms with van der Waals surface area (Å²) >= 11 is 0. The van der Waals surface area contributed by atoms with Crippen LogP contribution in [0.3, 0.4) is 0 Å². The molecule has 0 aliphatic rings. The van der Waals surface area contributed by atoms with Crippen LogP contribution in [-0.2, 0) is 0 Å². The lowest BCUT2D eigenvalue weighted by atomic mass is 10.0. The third kappa shape index (κ3) is 6.26. The third-order valence-corrected chi connectivity index (χ3v) is 7.21. The van der Waals surface area contributed by atoms with E-state index in [9.17, 15) is 0 Å². The van der Waals surface area contributed by atoms with Gasteiger partial charge < -0.3 is 4.90 Å². The van der Waals surface area contributed by atoms with Gasteiger partial charge in [0.2, 0.25) is 0 Å². The van der Waals surface area contributed by atoms with E-state index < -0.39 is 0 Å². The van der Waals surface area contributed by atoms with Gasteiger partial charge in [-0.25, -0.2) is 0 Å². The average Bonchev–Trinajstić information content (AvgIpc) is 3.01. The van der Waals surface area contributed by atoms with Gasteiger partial charge in [-0.15, -0.1) is 0 Å². The first-order valence-electron chi connectivity index (χ1n) is 13.5. The Bertz CT molecular complexity index is 1530. The van der Waals surface area contributed by atoms with Crippen molar-refractivity contribution in [1.82, 2.24) is 0 Å². The zero-order valence-electron chi connectivity index (χ0n) is 22.9. The van der Waals surface area contributed by atoms with Crippen LogP contribution in [0.5, 0.6) is 0 Å². The summed E-state index contributed by atoms with van der Waals surface area (Å²) < 4.78 is 0. The molecule has 1 N–H and O–H groups in total. The van der Waals surface area contributed by atoms with E-state index in [0.717, 1.165) is 17.1 Å². The van der Waals surface area contributed by atoms with Crippen LogP contribution in [0.25, 0.3) is 16.7 Å². The number of anilines is 3. The highest BCUT2D eigenvalue weighted by atomic mass is 15.1. The van der Waals surface area contributed by atoms with E-state index in [1.54, 1.807) is 0 Å². The molecule has 0 amide bonds. The largest absolute Gasteiger partial charge is 0.311 e. The number of hydrogen-bond donors (Lipinski definition) is 1. The van der Waals surface area contributed by atoms with Gasteiger partial charge in [-0.3, -0.25) is 4.90 Å². The fourth-order valence-corrected chi connectivity index (χ4v) is 4.72. The number of allylic oxidation sites excluding steroid dienone is 4. The molecule has 192 valence electrons. The van der Waals surface area contributed by atoms with Crippen molar-refractivity contribution in [3.8, 4) is 11.1 Å². The van der Waals surface area contributed by atoms with Crippen molar-refractivity contribution in [3.63, 3.8) is 0 Å². The van der Waals surface area contributed by atoms with Crippen LogP contribution in [0.1, 0.15) is 19.4 Å². The molecule has 2 nitrogen and oxygen atoms in total. The summed E-state index contributed by atoms with van der Waals surface area (Å²) in [4.78, 5) is 3.60. The standard InChI is InChI=1S/C37H34N2/c1-29(19-20-30(2)38(3)34-15-9-5-10-16-34)31-21-25-36(26-22-31)39(35-17-11-6-12-18-35)37-27-23-33(24-28-37)32-13-7-4-8-14-32/h4-28H,1-3H3/p+1/b29-19+,30-20+. The van der Waals surface area contributed by atoms with Crippen LogP contribution in [0.2, 0.25) is 0 Å². The normalized spacial score (nSPS) is 12.7. The molecule has 0 heterocycles. The van der Waals surface area contributed by atoms with E-state index in [1.807, 2.05) is 0 Å². The van der Waals surface area contributed by atoms with Gasteiger partial charge in [0.15, 0.2) is 0 Å². The van der Waals surface area contributed by atoms with Crippen molar-refractivity contribution in [3.05, 3.63) is 163 Å². The monoisotopic (exact) mass is 507 g/mol. The second kappa shape index (κ2) is 12.3. The van der Waals surface area contributed by atoms with Crippen LogP contribution in [0.15, 0.2) is 157 Å². The lowest BCUT2D eigenvalue weighted by Crippen LogP contribution is -3.01. The molecule has 0 aromatic heterocycles. The molecular weight excluding hydrogens is 472 g/mol. The van der Waals surface area contributed by atoms with E-state index in [2.05, 4.69) is 177 Å². The summed E-state index contributed by atoms with van der Waals surface area (Å²) in [5.74, 6) is 0. The van der Waals surface area contributed by atoms with Gasteiger partial charge in [-0.1, -0.05) is 97.1 Å². The Morgan fingerprint density at radius 1 is 0.513 bits per heavy atom. The van der Waals surface area contributed by atoms with Crippen LogP contribution in [-0.4, -0.2) is 7.05 Å². The second-order valence-corrected chi connectivity index (χ2v) is 9.82. The number of hydrogen-bond acceptors (Lipinski definition) is 1. The smallest absolute Gasteiger partial charge is 0.135 e. The Kier molecular flexibility index (Phi) is 8.16. The SMILES string of the molecule is C/C(=C\C=C(/C)[NH+](C)c1ccccc1)c1ccc(N(c2ccccc2)c2ccc(-c3ccccc3)cc2)cc1. The Morgan fingerprint density at radius 3 is 1.56 bits per heavy atom. The molecule has 39 heavy (non-hydrogen) atoms. The molecule has 1 atom stereocenters. The van der Waals surface area contributed by atoms with Crippen LogP contribution in [0.4, 0.5) is 22.7 Å². The molecule has 5 aromatic carbocycles. The van der Waals surface area contributed by atoms with Crippen LogP contribution in [0, 0.1) is 0 Å². The zero-order valence-corrected chi connectivity index (χ0v) is 22.9. The predicted molar refractivity (Wildman–Crippen MR) is 167 cm³/mol. The molecule has 1 unspecified atom stereocenters. The molecule has 0 spiro atoms. The summed E-state index contributed by atoms with van der Waals surface area (Å²) in [7, 11) is 2.18. The van der Waals surface area contributed by atoms with E-state index in [0.29, 0.717) is 0 Å². The number of benzene rings is 5. The van der Waals surface area contributed by atoms with E-state index in [-0.39, 0.29) is 0 Å². The number of nitrogens with one attached hydrogen (secondary N) is 1. The summed E-state index contributed by atoms with van der Waals surface area (Å²) in [5.41, 5.74) is 10.8. The van der Waals surface area contributed by atoms with Crippen molar-refractivity contribution in [2.24, 2.45) is 0 Å². The predicted octanol–water partition coefficient (Wildman–Crippen LogP) is 8.98. The molecule has 0 radical (unpaired) electrons. The zero-order chi connectivity index (χ0) is 27.0. The Hall–Kier alpha value is -4.66. The fraction of sp³-hybridized carbons (Fsp3) is 0.0811. The number of para-hydroxylation sites is 2. The van der Waals surface area contributed by atoms with E-state index in [4.69, 9.17) is 0 Å². The van der Waals surface area contributed by atoms with Crippen molar-refractivity contribution < 1.29 is 4.90 Å². The number of rotatable bonds is 8. The molecule has 5 rings (SSSR count). The first-order valence-corrected chi connectivity index (χ1v) is 13.5. The number of nitrogens with zero attached hydrogens (tertiary/aromatic N) is 1. The maximum atomic E-state index is 2.31. The molecule has 0 fully saturated rings. The van der Waals surface area contributed by atoms with Crippen molar-refractivity contribution >= 4 is 28.3 Å². The van der Waals surface area contributed by atoms with Crippen molar-refractivity contribution in [2.45, 2.75) is 13.8 Å². The van der Waals surface area contributed by atoms with Gasteiger partial charge in [0.1, 0.15) is 11.4 Å². The molecule has 0 saturated carbocycles. The lowest BCUT2D eigenvalue weighted by Gasteiger charge is -2.26. The van der Waals surface area contributed by atoms with Gasteiger partial charge in [-0.2, -0.15) is 0 Å². The highest BCUT2D eigenvalue weighted by Gasteiger charge is 2.13. The lowest BCUT2D eigenvalue weighted by molar-refractivity contribution is -0.766. The van der Waals surface area contributed by atoms with Gasteiger partial charge in [0.05, 0.1) is 7.05 Å². The van der Waals surface area contributed by atoms with E-state index >= 15 is 0 Å². The average molecular weight is 508 g/mol. The molecule has 0 bridgehead atoms. The minimum Gasteiger partial charge on any atom is -0.311 e. The van der Waals surface area contributed by atoms with Crippen molar-refractivity contribution in [1.29, 1.82) is 0 Å². The van der Waals surface area contributed by atoms with Crippen molar-refractivity contribution in [2.75, 3.05) is 11.9 Å². The fourth-order valence-electron chi connectivity index (χ4n) is 4.72. The second-order valence-electron chi connectivity index (χ2n) is 9.82. The summed E-state index contributed by atoms with van der Waals surface area (Å²) in [5, 5.41) is 0.